The van der Waals surface area contributed by atoms with Gasteiger partial charge in [0.15, 0.2) is 0 Å². The highest BCUT2D eigenvalue weighted by molar-refractivity contribution is 7.89. The third-order valence-electron chi connectivity index (χ3n) is 2.14. The second kappa shape index (κ2) is 6.42. The van der Waals surface area contributed by atoms with Crippen LogP contribution in [0, 0.1) is 0 Å². The van der Waals surface area contributed by atoms with Crippen LogP contribution in [0.25, 0.3) is 0 Å². The smallest absolute Gasteiger partial charge is 0.404 e. The molecule has 0 aliphatic heterocycles. The van der Waals surface area contributed by atoms with Crippen molar-refractivity contribution in [3.05, 3.63) is 24.3 Å². The second-order valence-electron chi connectivity index (χ2n) is 3.97. The summed E-state index contributed by atoms with van der Waals surface area (Å²) in [6.45, 7) is 1.61. The number of alkyl halides is 3. The Morgan fingerprint density at radius 2 is 1.90 bits per heavy atom. The van der Waals surface area contributed by atoms with E-state index in [0.717, 1.165) is 12.1 Å². The molecule has 0 aromatic heterocycles. The molecule has 0 amide bonds. The number of ether oxygens (including phenoxy) is 2. The van der Waals surface area contributed by atoms with Crippen LogP contribution in [0.1, 0.15) is 6.92 Å². The summed E-state index contributed by atoms with van der Waals surface area (Å²) in [4.78, 5) is -0.583. The summed E-state index contributed by atoms with van der Waals surface area (Å²) < 4.78 is 71.4. The molecule has 0 aliphatic carbocycles. The number of benzene rings is 1. The molecule has 1 rings (SSSR count). The van der Waals surface area contributed by atoms with Crippen LogP contribution in [0.5, 0.6) is 5.75 Å². The number of hydrogen-bond acceptors (Lipinski definition) is 4. The summed E-state index contributed by atoms with van der Waals surface area (Å²) in [5, 5.41) is 0. The molecule has 1 atom stereocenters. The van der Waals surface area contributed by atoms with Crippen LogP contribution in [0.15, 0.2) is 29.2 Å². The maximum atomic E-state index is 12.2. The molecule has 0 fully saturated rings. The van der Waals surface area contributed by atoms with E-state index in [0.29, 0.717) is 0 Å². The third-order valence-corrected chi connectivity index (χ3v) is 3.77. The van der Waals surface area contributed by atoms with E-state index in [-0.39, 0.29) is 6.61 Å². The zero-order valence-corrected chi connectivity index (χ0v) is 11.6. The minimum absolute atomic E-state index is 0.0848. The molecular formula is C11H14F3NO4S. The minimum Gasteiger partial charge on any atom is -0.404 e. The maximum absolute atomic E-state index is 12.2. The van der Waals surface area contributed by atoms with E-state index in [1.54, 1.807) is 0 Å². The van der Waals surface area contributed by atoms with E-state index in [9.17, 15) is 21.6 Å². The first-order valence-electron chi connectivity index (χ1n) is 5.52. The number of hydrogen-bond donors (Lipinski definition) is 1. The number of halogens is 3. The van der Waals surface area contributed by atoms with Gasteiger partial charge in [-0.05, 0) is 19.1 Å². The molecule has 0 heterocycles. The highest BCUT2D eigenvalue weighted by atomic mass is 32.2. The van der Waals surface area contributed by atoms with Crippen LogP contribution >= 0.6 is 0 Å². The molecule has 0 unspecified atom stereocenters. The maximum Gasteiger partial charge on any atom is 0.573 e. The molecule has 0 bridgehead atoms. The number of methoxy groups -OCH3 is 1. The number of para-hydroxylation sites is 1. The molecule has 1 aromatic rings. The van der Waals surface area contributed by atoms with Crippen molar-refractivity contribution in [1.82, 2.24) is 4.72 Å². The fraction of sp³-hybridized carbons (Fsp3) is 0.455. The molecule has 9 heteroatoms. The van der Waals surface area contributed by atoms with Gasteiger partial charge in [-0.15, -0.1) is 13.2 Å². The van der Waals surface area contributed by atoms with Gasteiger partial charge in [-0.1, -0.05) is 12.1 Å². The first-order valence-corrected chi connectivity index (χ1v) is 7.00. The van der Waals surface area contributed by atoms with E-state index < -0.39 is 33.1 Å². The molecule has 0 saturated carbocycles. The van der Waals surface area contributed by atoms with Crippen LogP contribution in [0.3, 0.4) is 0 Å². The van der Waals surface area contributed by atoms with Crippen molar-refractivity contribution in [1.29, 1.82) is 0 Å². The Balaban J connectivity index is 3.06. The first-order chi connectivity index (χ1) is 9.15. The lowest BCUT2D eigenvalue weighted by atomic mass is 10.3. The lowest BCUT2D eigenvalue weighted by Gasteiger charge is -2.16. The summed E-state index contributed by atoms with van der Waals surface area (Å²) in [6.07, 6.45) is -4.97. The van der Waals surface area contributed by atoms with Crippen molar-refractivity contribution in [2.45, 2.75) is 24.2 Å². The molecule has 0 spiro atoms. The van der Waals surface area contributed by atoms with Gasteiger partial charge in [0.05, 0.1) is 6.61 Å². The zero-order chi connectivity index (χ0) is 15.4. The van der Waals surface area contributed by atoms with Crippen molar-refractivity contribution in [2.24, 2.45) is 0 Å². The van der Waals surface area contributed by atoms with Gasteiger partial charge >= 0.3 is 6.36 Å². The molecule has 1 aromatic carbocycles. The summed E-state index contributed by atoms with van der Waals surface area (Å²) in [5.74, 6) is -0.780. The standard InChI is InChI=1S/C11H14F3NO4S/c1-8(7-18-2)15-20(16,17)10-6-4-3-5-9(10)19-11(12,13)14/h3-6,8,15H,7H2,1-2H3/t8-/m0/s1. The normalized spacial score (nSPS) is 14.1. The van der Waals surface area contributed by atoms with Crippen LogP contribution in [-0.2, 0) is 14.8 Å². The minimum atomic E-state index is -4.97. The average molecular weight is 313 g/mol. The Hall–Kier alpha value is -1.32. The fourth-order valence-electron chi connectivity index (χ4n) is 1.49. The summed E-state index contributed by atoms with van der Waals surface area (Å²) >= 11 is 0. The van der Waals surface area contributed by atoms with E-state index in [4.69, 9.17) is 4.74 Å². The molecule has 1 N–H and O–H groups in total. The topological polar surface area (TPSA) is 64.6 Å². The Labute approximate surface area is 114 Å². The lowest BCUT2D eigenvalue weighted by Crippen LogP contribution is -2.36. The Bertz CT molecular complexity index is 545. The summed E-state index contributed by atoms with van der Waals surface area (Å²) in [5.41, 5.74) is 0. The predicted octanol–water partition coefficient (Wildman–Crippen LogP) is 1.90. The number of rotatable bonds is 6. The molecule has 0 radical (unpaired) electrons. The van der Waals surface area contributed by atoms with Gasteiger partial charge in [-0.3, -0.25) is 0 Å². The Morgan fingerprint density at radius 1 is 1.30 bits per heavy atom. The molecule has 0 aliphatic rings. The van der Waals surface area contributed by atoms with E-state index >= 15 is 0 Å². The van der Waals surface area contributed by atoms with E-state index in [2.05, 4.69) is 9.46 Å². The molecule has 114 valence electrons. The van der Waals surface area contributed by atoms with Crippen molar-refractivity contribution in [3.8, 4) is 5.75 Å². The molecular weight excluding hydrogens is 299 g/mol. The van der Waals surface area contributed by atoms with Crippen LogP contribution in [0.2, 0.25) is 0 Å². The van der Waals surface area contributed by atoms with Gasteiger partial charge in [-0.25, -0.2) is 13.1 Å². The largest absolute Gasteiger partial charge is 0.573 e. The Kier molecular flexibility index (Phi) is 5.37. The molecule has 0 saturated heterocycles. The predicted molar refractivity (Wildman–Crippen MR) is 64.8 cm³/mol. The number of nitrogens with one attached hydrogen (secondary N) is 1. The van der Waals surface area contributed by atoms with E-state index in [1.807, 2.05) is 0 Å². The van der Waals surface area contributed by atoms with E-state index in [1.165, 1.54) is 26.2 Å². The second-order valence-corrected chi connectivity index (χ2v) is 5.65. The van der Waals surface area contributed by atoms with Gasteiger partial charge < -0.3 is 9.47 Å². The molecule has 20 heavy (non-hydrogen) atoms. The summed E-state index contributed by atoms with van der Waals surface area (Å²) in [6, 6.07) is 3.92. The van der Waals surface area contributed by atoms with Gasteiger partial charge in [-0.2, -0.15) is 0 Å². The quantitative estimate of drug-likeness (QED) is 0.871. The van der Waals surface area contributed by atoms with Crippen LogP contribution < -0.4 is 9.46 Å². The average Bonchev–Trinajstić information content (AvgIpc) is 2.26. The summed E-state index contributed by atoms with van der Waals surface area (Å²) in [7, 11) is -2.76. The third kappa shape index (κ3) is 4.99. The van der Waals surface area contributed by atoms with Gasteiger partial charge in [0.25, 0.3) is 0 Å². The van der Waals surface area contributed by atoms with Crippen molar-refractivity contribution in [3.63, 3.8) is 0 Å². The highest BCUT2D eigenvalue weighted by Crippen LogP contribution is 2.29. The zero-order valence-electron chi connectivity index (χ0n) is 10.8. The lowest BCUT2D eigenvalue weighted by molar-refractivity contribution is -0.275. The van der Waals surface area contributed by atoms with Gasteiger partial charge in [0.2, 0.25) is 10.0 Å². The first kappa shape index (κ1) is 16.7. The van der Waals surface area contributed by atoms with Crippen molar-refractivity contribution >= 4 is 10.0 Å². The highest BCUT2D eigenvalue weighted by Gasteiger charge is 2.34. The Morgan fingerprint density at radius 3 is 2.45 bits per heavy atom. The van der Waals surface area contributed by atoms with Crippen molar-refractivity contribution < 1.29 is 31.1 Å². The van der Waals surface area contributed by atoms with Crippen molar-refractivity contribution in [2.75, 3.05) is 13.7 Å². The fourth-order valence-corrected chi connectivity index (χ4v) is 2.85. The van der Waals surface area contributed by atoms with Gasteiger partial charge in [0, 0.05) is 13.2 Å². The van der Waals surface area contributed by atoms with Gasteiger partial charge in [0.1, 0.15) is 10.6 Å². The SMILES string of the molecule is COC[C@H](C)NS(=O)(=O)c1ccccc1OC(F)(F)F. The number of sulfonamides is 1. The van der Waals surface area contributed by atoms with Crippen LogP contribution in [0.4, 0.5) is 13.2 Å². The monoisotopic (exact) mass is 313 g/mol. The van der Waals surface area contributed by atoms with Crippen LogP contribution in [-0.4, -0.2) is 34.5 Å². The molecule has 5 nitrogen and oxygen atoms in total.